The standard InChI is InChI=1S/C12H20N2O/c13-9-11(12-5-2-8-15-12)14-7-6-10-3-1-4-10/h2,5,8,10-11,14H,1,3-4,6-7,9,13H2. The Morgan fingerprint density at radius 3 is 2.93 bits per heavy atom. The quantitative estimate of drug-likeness (QED) is 0.752. The topological polar surface area (TPSA) is 51.2 Å². The zero-order chi connectivity index (χ0) is 10.5. The molecule has 0 radical (unpaired) electrons. The van der Waals surface area contributed by atoms with Gasteiger partial charge in [0.15, 0.2) is 0 Å². The lowest BCUT2D eigenvalue weighted by Gasteiger charge is -2.26. The van der Waals surface area contributed by atoms with E-state index < -0.39 is 0 Å². The molecule has 1 heterocycles. The molecule has 3 N–H and O–H groups in total. The first-order valence-electron chi connectivity index (χ1n) is 5.87. The molecule has 1 unspecified atom stereocenters. The van der Waals surface area contributed by atoms with Gasteiger partial charge in [0, 0.05) is 6.54 Å². The van der Waals surface area contributed by atoms with Crippen molar-refractivity contribution in [3.8, 4) is 0 Å². The van der Waals surface area contributed by atoms with Crippen molar-refractivity contribution in [2.24, 2.45) is 11.7 Å². The van der Waals surface area contributed by atoms with E-state index in [-0.39, 0.29) is 6.04 Å². The fourth-order valence-electron chi connectivity index (χ4n) is 2.03. The fraction of sp³-hybridized carbons (Fsp3) is 0.667. The van der Waals surface area contributed by atoms with Gasteiger partial charge in [-0.25, -0.2) is 0 Å². The summed E-state index contributed by atoms with van der Waals surface area (Å²) in [4.78, 5) is 0. The Labute approximate surface area is 91.0 Å². The summed E-state index contributed by atoms with van der Waals surface area (Å²) >= 11 is 0. The van der Waals surface area contributed by atoms with Crippen molar-refractivity contribution in [3.63, 3.8) is 0 Å². The van der Waals surface area contributed by atoms with E-state index in [2.05, 4.69) is 5.32 Å². The van der Waals surface area contributed by atoms with Gasteiger partial charge in [0.05, 0.1) is 12.3 Å². The zero-order valence-electron chi connectivity index (χ0n) is 9.11. The third kappa shape index (κ3) is 2.83. The predicted molar refractivity (Wildman–Crippen MR) is 60.5 cm³/mol. The highest BCUT2D eigenvalue weighted by Gasteiger charge is 2.18. The second-order valence-corrected chi connectivity index (χ2v) is 4.34. The number of hydrogen-bond donors (Lipinski definition) is 2. The first kappa shape index (κ1) is 10.7. The molecule has 1 atom stereocenters. The molecule has 0 aromatic carbocycles. The van der Waals surface area contributed by atoms with Crippen LogP contribution in [0.5, 0.6) is 0 Å². The summed E-state index contributed by atoms with van der Waals surface area (Å²) in [5.74, 6) is 1.90. The lowest BCUT2D eigenvalue weighted by molar-refractivity contribution is 0.284. The highest BCUT2D eigenvalue weighted by Crippen LogP contribution is 2.29. The van der Waals surface area contributed by atoms with Crippen molar-refractivity contribution >= 4 is 0 Å². The summed E-state index contributed by atoms with van der Waals surface area (Å²) in [6, 6.07) is 4.07. The average molecular weight is 208 g/mol. The van der Waals surface area contributed by atoms with Crippen LogP contribution in [0.2, 0.25) is 0 Å². The number of furan rings is 1. The summed E-state index contributed by atoms with van der Waals surface area (Å²) in [7, 11) is 0. The summed E-state index contributed by atoms with van der Waals surface area (Å²) in [6.07, 6.45) is 7.22. The maximum Gasteiger partial charge on any atom is 0.121 e. The molecule has 1 fully saturated rings. The minimum absolute atomic E-state index is 0.181. The Morgan fingerprint density at radius 2 is 2.40 bits per heavy atom. The molecule has 0 bridgehead atoms. The van der Waals surface area contributed by atoms with E-state index in [1.54, 1.807) is 6.26 Å². The third-order valence-corrected chi connectivity index (χ3v) is 3.29. The van der Waals surface area contributed by atoms with E-state index >= 15 is 0 Å². The summed E-state index contributed by atoms with van der Waals surface area (Å²) in [6.45, 7) is 1.64. The molecule has 84 valence electrons. The highest BCUT2D eigenvalue weighted by atomic mass is 16.3. The molecule has 1 aliphatic carbocycles. The molecular formula is C12H20N2O. The van der Waals surface area contributed by atoms with Crippen LogP contribution >= 0.6 is 0 Å². The smallest absolute Gasteiger partial charge is 0.121 e. The second-order valence-electron chi connectivity index (χ2n) is 4.34. The van der Waals surface area contributed by atoms with Gasteiger partial charge < -0.3 is 15.5 Å². The molecule has 3 heteroatoms. The molecule has 0 spiro atoms. The number of nitrogens with two attached hydrogens (primary N) is 1. The van der Waals surface area contributed by atoms with Gasteiger partial charge in [-0.3, -0.25) is 0 Å². The largest absolute Gasteiger partial charge is 0.468 e. The highest BCUT2D eigenvalue weighted by molar-refractivity contribution is 5.04. The third-order valence-electron chi connectivity index (χ3n) is 3.29. The van der Waals surface area contributed by atoms with E-state index in [4.69, 9.17) is 10.2 Å². The van der Waals surface area contributed by atoms with Crippen LogP contribution in [0.15, 0.2) is 22.8 Å². The van der Waals surface area contributed by atoms with Crippen molar-refractivity contribution in [2.45, 2.75) is 31.7 Å². The molecule has 1 aromatic rings. The van der Waals surface area contributed by atoms with E-state index in [1.807, 2.05) is 12.1 Å². The first-order valence-corrected chi connectivity index (χ1v) is 5.87. The maximum absolute atomic E-state index is 5.70. The molecule has 0 saturated heterocycles. The van der Waals surface area contributed by atoms with Crippen molar-refractivity contribution in [1.82, 2.24) is 5.32 Å². The van der Waals surface area contributed by atoms with Crippen LogP contribution in [-0.4, -0.2) is 13.1 Å². The van der Waals surface area contributed by atoms with Crippen molar-refractivity contribution < 1.29 is 4.42 Å². The van der Waals surface area contributed by atoms with E-state index in [1.165, 1.54) is 25.7 Å². The molecular weight excluding hydrogens is 188 g/mol. The van der Waals surface area contributed by atoms with Crippen LogP contribution in [0, 0.1) is 5.92 Å². The summed E-state index contributed by atoms with van der Waals surface area (Å²) in [5.41, 5.74) is 5.70. The van der Waals surface area contributed by atoms with Crippen LogP contribution in [0.1, 0.15) is 37.5 Å². The first-order chi connectivity index (χ1) is 7.40. The Hall–Kier alpha value is -0.800. The number of hydrogen-bond acceptors (Lipinski definition) is 3. The fourth-order valence-corrected chi connectivity index (χ4v) is 2.03. The number of rotatable bonds is 6. The second kappa shape index (κ2) is 5.33. The molecule has 3 nitrogen and oxygen atoms in total. The lowest BCUT2D eigenvalue weighted by Crippen LogP contribution is -2.30. The summed E-state index contributed by atoms with van der Waals surface area (Å²) in [5, 5.41) is 3.45. The normalized spacial score (nSPS) is 18.7. The minimum atomic E-state index is 0.181. The van der Waals surface area contributed by atoms with Crippen LogP contribution in [0.4, 0.5) is 0 Å². The predicted octanol–water partition coefficient (Wildman–Crippen LogP) is 2.06. The van der Waals surface area contributed by atoms with Gasteiger partial charge in [0.25, 0.3) is 0 Å². The Morgan fingerprint density at radius 1 is 1.53 bits per heavy atom. The van der Waals surface area contributed by atoms with Crippen LogP contribution in [0.25, 0.3) is 0 Å². The molecule has 1 saturated carbocycles. The number of nitrogens with one attached hydrogen (secondary N) is 1. The Kier molecular flexibility index (Phi) is 3.80. The van der Waals surface area contributed by atoms with Gasteiger partial charge in [-0.05, 0) is 31.0 Å². The van der Waals surface area contributed by atoms with Gasteiger partial charge in [-0.2, -0.15) is 0 Å². The van der Waals surface area contributed by atoms with Crippen LogP contribution in [-0.2, 0) is 0 Å². The van der Waals surface area contributed by atoms with Crippen molar-refractivity contribution in [3.05, 3.63) is 24.2 Å². The molecule has 1 aliphatic rings. The zero-order valence-corrected chi connectivity index (χ0v) is 9.11. The SMILES string of the molecule is NCC(NCCC1CCC1)c1ccco1. The minimum Gasteiger partial charge on any atom is -0.468 e. The van der Waals surface area contributed by atoms with Crippen LogP contribution < -0.4 is 11.1 Å². The molecule has 15 heavy (non-hydrogen) atoms. The van der Waals surface area contributed by atoms with E-state index in [9.17, 15) is 0 Å². The van der Waals surface area contributed by atoms with Gasteiger partial charge in [0.2, 0.25) is 0 Å². The van der Waals surface area contributed by atoms with Gasteiger partial charge in [0.1, 0.15) is 5.76 Å². The Bertz CT molecular complexity index is 267. The van der Waals surface area contributed by atoms with Gasteiger partial charge in [-0.1, -0.05) is 19.3 Å². The molecule has 0 amide bonds. The Balaban J connectivity index is 1.71. The molecule has 2 rings (SSSR count). The lowest BCUT2D eigenvalue weighted by atomic mass is 9.83. The molecule has 0 aliphatic heterocycles. The van der Waals surface area contributed by atoms with E-state index in [0.29, 0.717) is 6.54 Å². The van der Waals surface area contributed by atoms with E-state index in [0.717, 1.165) is 18.2 Å². The van der Waals surface area contributed by atoms with Gasteiger partial charge >= 0.3 is 0 Å². The summed E-state index contributed by atoms with van der Waals surface area (Å²) < 4.78 is 5.34. The van der Waals surface area contributed by atoms with Crippen LogP contribution in [0.3, 0.4) is 0 Å². The monoisotopic (exact) mass is 208 g/mol. The molecule has 1 aromatic heterocycles. The maximum atomic E-state index is 5.70. The van der Waals surface area contributed by atoms with Gasteiger partial charge in [-0.15, -0.1) is 0 Å². The van der Waals surface area contributed by atoms with Crippen molar-refractivity contribution in [1.29, 1.82) is 0 Å². The van der Waals surface area contributed by atoms with Crippen molar-refractivity contribution in [2.75, 3.05) is 13.1 Å². The average Bonchev–Trinajstić information content (AvgIpc) is 2.68.